The zero-order valence-corrected chi connectivity index (χ0v) is 23.7. The van der Waals surface area contributed by atoms with Crippen LogP contribution in [0.5, 0.6) is 0 Å². The number of carbonyl (C=O) groups excluding carboxylic acids is 2. The fraction of sp³-hybridized carbons (Fsp3) is 0.333. The molecule has 1 atom stereocenters. The Labute approximate surface area is 240 Å². The van der Waals surface area contributed by atoms with Gasteiger partial charge in [-0.1, -0.05) is 24.3 Å². The van der Waals surface area contributed by atoms with Crippen LogP contribution in [0.3, 0.4) is 0 Å². The Kier molecular flexibility index (Phi) is 7.76. The van der Waals surface area contributed by atoms with Gasteiger partial charge in [-0.2, -0.15) is 0 Å². The van der Waals surface area contributed by atoms with Gasteiger partial charge in [0.15, 0.2) is 0 Å². The standard InChI is InChI=1S/C33H37N5O3/c1-23-12-14-38(31-6-4-3-5-30(31)35-23)32(39)26-7-9-27(24-8-10-29-25(21-24)11-13-34-29)28(22-26)33(40)41-20-19-37-17-15-36(2)16-18-37/h3-11,13,21-23,34-35H,12,14-20H2,1-2H3/t23-/m0/s1. The van der Waals surface area contributed by atoms with E-state index in [2.05, 4.69) is 40.1 Å². The Morgan fingerprint density at radius 1 is 0.951 bits per heavy atom. The largest absolute Gasteiger partial charge is 0.461 e. The number of fused-ring (bicyclic) bond motifs is 2. The smallest absolute Gasteiger partial charge is 0.338 e. The first-order chi connectivity index (χ1) is 20.0. The van der Waals surface area contributed by atoms with Crippen LogP contribution in [0.2, 0.25) is 0 Å². The number of nitrogens with zero attached hydrogens (tertiary/aromatic N) is 3. The van der Waals surface area contributed by atoms with Crippen molar-refractivity contribution >= 4 is 34.2 Å². The number of H-pyrrole nitrogens is 1. The molecule has 2 aliphatic rings. The maximum atomic E-state index is 14.0. The first-order valence-corrected chi connectivity index (χ1v) is 14.4. The fourth-order valence-corrected chi connectivity index (χ4v) is 5.71. The van der Waals surface area contributed by atoms with Crippen molar-refractivity contribution in [1.82, 2.24) is 14.8 Å². The molecule has 0 spiro atoms. The van der Waals surface area contributed by atoms with E-state index in [1.165, 1.54) is 0 Å². The van der Waals surface area contributed by atoms with Crippen LogP contribution in [-0.2, 0) is 4.74 Å². The molecular formula is C33H37N5O3. The lowest BCUT2D eigenvalue weighted by molar-refractivity contribution is 0.0433. The average Bonchev–Trinajstić information content (AvgIpc) is 3.39. The molecule has 3 aromatic carbocycles. The van der Waals surface area contributed by atoms with Crippen molar-refractivity contribution in [1.29, 1.82) is 0 Å². The fourth-order valence-electron chi connectivity index (χ4n) is 5.71. The quantitative estimate of drug-likeness (QED) is 0.325. The van der Waals surface area contributed by atoms with Gasteiger partial charge in [0.2, 0.25) is 0 Å². The second-order valence-corrected chi connectivity index (χ2v) is 11.1. The Hall–Kier alpha value is -4.14. The van der Waals surface area contributed by atoms with Gasteiger partial charge in [-0.25, -0.2) is 4.79 Å². The SMILES string of the molecule is C[C@H]1CCN(C(=O)c2ccc(-c3ccc4[nH]ccc4c3)c(C(=O)OCCN3CCN(C)CC3)c2)c2ccccc2N1. The molecule has 2 aliphatic heterocycles. The summed E-state index contributed by atoms with van der Waals surface area (Å²) in [6, 6.07) is 21.6. The van der Waals surface area contributed by atoms with Crippen LogP contribution in [-0.4, -0.2) is 85.6 Å². The molecule has 41 heavy (non-hydrogen) atoms. The van der Waals surface area contributed by atoms with E-state index in [1.54, 1.807) is 6.07 Å². The highest BCUT2D eigenvalue weighted by molar-refractivity contribution is 6.10. The zero-order chi connectivity index (χ0) is 28.3. The highest BCUT2D eigenvalue weighted by atomic mass is 16.5. The summed E-state index contributed by atoms with van der Waals surface area (Å²) in [5.41, 5.74) is 5.33. The summed E-state index contributed by atoms with van der Waals surface area (Å²) in [5.74, 6) is -0.544. The van der Waals surface area contributed by atoms with Gasteiger partial charge < -0.3 is 24.8 Å². The lowest BCUT2D eigenvalue weighted by Gasteiger charge is -2.32. The number of aromatic nitrogens is 1. The molecule has 0 radical (unpaired) electrons. The number of carbonyl (C=O) groups is 2. The number of aromatic amines is 1. The van der Waals surface area contributed by atoms with E-state index in [4.69, 9.17) is 4.74 Å². The molecule has 3 heterocycles. The topological polar surface area (TPSA) is 80.9 Å². The number of nitrogens with one attached hydrogen (secondary N) is 2. The van der Waals surface area contributed by atoms with E-state index >= 15 is 0 Å². The van der Waals surface area contributed by atoms with Crippen LogP contribution >= 0.6 is 0 Å². The van der Waals surface area contributed by atoms with E-state index in [9.17, 15) is 9.59 Å². The van der Waals surface area contributed by atoms with Crippen molar-refractivity contribution in [3.8, 4) is 11.1 Å². The van der Waals surface area contributed by atoms with Crippen LogP contribution in [0, 0.1) is 0 Å². The second kappa shape index (κ2) is 11.8. The second-order valence-electron chi connectivity index (χ2n) is 11.1. The molecular weight excluding hydrogens is 514 g/mol. The Balaban J connectivity index is 1.30. The minimum atomic E-state index is -0.413. The molecule has 1 fully saturated rings. The van der Waals surface area contributed by atoms with Crippen molar-refractivity contribution < 1.29 is 14.3 Å². The molecule has 8 nitrogen and oxygen atoms in total. The normalized spacial score (nSPS) is 18.0. The first kappa shape index (κ1) is 27.1. The van der Waals surface area contributed by atoms with Gasteiger partial charge >= 0.3 is 5.97 Å². The third-order valence-electron chi connectivity index (χ3n) is 8.21. The third-order valence-corrected chi connectivity index (χ3v) is 8.21. The maximum Gasteiger partial charge on any atom is 0.338 e. The molecule has 1 aromatic heterocycles. The number of hydrogen-bond donors (Lipinski definition) is 2. The lowest BCUT2D eigenvalue weighted by atomic mass is 9.96. The summed E-state index contributed by atoms with van der Waals surface area (Å²) in [4.78, 5) is 37.2. The number of amides is 1. The Morgan fingerprint density at radius 2 is 1.78 bits per heavy atom. The minimum Gasteiger partial charge on any atom is -0.461 e. The highest BCUT2D eigenvalue weighted by Crippen LogP contribution is 2.33. The van der Waals surface area contributed by atoms with E-state index in [1.807, 2.05) is 65.7 Å². The molecule has 212 valence electrons. The number of para-hydroxylation sites is 2. The number of esters is 1. The minimum absolute atomic E-state index is 0.132. The van der Waals surface area contributed by atoms with Gasteiger partial charge in [-0.15, -0.1) is 0 Å². The van der Waals surface area contributed by atoms with E-state index in [0.717, 1.165) is 66.0 Å². The molecule has 0 saturated carbocycles. The van der Waals surface area contributed by atoms with Crippen molar-refractivity contribution in [3.63, 3.8) is 0 Å². The van der Waals surface area contributed by atoms with Crippen LogP contribution in [0.15, 0.2) is 72.9 Å². The maximum absolute atomic E-state index is 14.0. The number of hydrogen-bond acceptors (Lipinski definition) is 6. The van der Waals surface area contributed by atoms with Gasteiger partial charge in [0.1, 0.15) is 6.61 Å². The molecule has 0 unspecified atom stereocenters. The number of ether oxygens (including phenoxy) is 1. The van der Waals surface area contributed by atoms with Crippen molar-refractivity contribution in [2.24, 2.45) is 0 Å². The summed E-state index contributed by atoms with van der Waals surface area (Å²) < 4.78 is 5.83. The molecule has 1 amide bonds. The highest BCUT2D eigenvalue weighted by Gasteiger charge is 2.26. The Morgan fingerprint density at radius 3 is 2.63 bits per heavy atom. The molecule has 6 rings (SSSR count). The number of likely N-dealkylation sites (N-methyl/N-ethyl adjacent to an activating group) is 1. The van der Waals surface area contributed by atoms with Gasteiger partial charge in [0, 0.05) is 62.6 Å². The predicted octanol–water partition coefficient (Wildman–Crippen LogP) is 5.09. The molecule has 1 saturated heterocycles. The number of rotatable bonds is 6. The molecule has 8 heteroatoms. The molecule has 0 bridgehead atoms. The van der Waals surface area contributed by atoms with Gasteiger partial charge in [0.25, 0.3) is 5.91 Å². The first-order valence-electron chi connectivity index (χ1n) is 14.4. The van der Waals surface area contributed by atoms with Gasteiger partial charge in [-0.3, -0.25) is 9.69 Å². The summed E-state index contributed by atoms with van der Waals surface area (Å²) in [6.45, 7) is 7.65. The van der Waals surface area contributed by atoms with E-state index < -0.39 is 5.97 Å². The zero-order valence-electron chi connectivity index (χ0n) is 23.7. The number of piperazine rings is 1. The van der Waals surface area contributed by atoms with Crippen molar-refractivity contribution in [2.45, 2.75) is 19.4 Å². The van der Waals surface area contributed by atoms with Crippen LogP contribution in [0.25, 0.3) is 22.0 Å². The molecule has 0 aliphatic carbocycles. The summed E-state index contributed by atoms with van der Waals surface area (Å²) in [6.07, 6.45) is 2.72. The van der Waals surface area contributed by atoms with Crippen LogP contribution < -0.4 is 10.2 Å². The monoisotopic (exact) mass is 551 g/mol. The van der Waals surface area contributed by atoms with E-state index in [0.29, 0.717) is 30.8 Å². The van der Waals surface area contributed by atoms with Crippen LogP contribution in [0.4, 0.5) is 11.4 Å². The summed E-state index contributed by atoms with van der Waals surface area (Å²) in [7, 11) is 2.12. The molecule has 2 N–H and O–H groups in total. The summed E-state index contributed by atoms with van der Waals surface area (Å²) in [5, 5.41) is 4.56. The van der Waals surface area contributed by atoms with Crippen molar-refractivity contribution in [2.75, 3.05) is 63.1 Å². The number of benzene rings is 3. The molecule has 4 aromatic rings. The van der Waals surface area contributed by atoms with Crippen LogP contribution in [0.1, 0.15) is 34.1 Å². The van der Waals surface area contributed by atoms with Gasteiger partial charge in [-0.05, 0) is 79.4 Å². The van der Waals surface area contributed by atoms with E-state index in [-0.39, 0.29) is 11.9 Å². The van der Waals surface area contributed by atoms with Crippen molar-refractivity contribution in [3.05, 3.63) is 84.1 Å². The predicted molar refractivity (Wildman–Crippen MR) is 164 cm³/mol. The summed E-state index contributed by atoms with van der Waals surface area (Å²) >= 11 is 0. The third kappa shape index (κ3) is 5.85. The lowest BCUT2D eigenvalue weighted by Crippen LogP contribution is -2.45. The average molecular weight is 552 g/mol. The Bertz CT molecular complexity index is 1560. The number of anilines is 2. The van der Waals surface area contributed by atoms with Gasteiger partial charge in [0.05, 0.1) is 16.9 Å².